The molecule has 1 nitrogen and oxygen atoms in total. The van der Waals surface area contributed by atoms with Gasteiger partial charge in [0.15, 0.2) is 0 Å². The maximum Gasteiger partial charge on any atom is 0.0653 e. The maximum absolute atomic E-state index is 6.15. The Kier molecular flexibility index (Phi) is 4.13. The molecule has 0 amide bonds. The lowest BCUT2D eigenvalue weighted by molar-refractivity contribution is 0.669. The quantitative estimate of drug-likeness (QED) is 0.671. The van der Waals surface area contributed by atoms with Gasteiger partial charge in [-0.1, -0.05) is 24.6 Å². The third-order valence-corrected chi connectivity index (χ3v) is 6.93. The molecule has 0 radical (unpaired) electrons. The van der Waals surface area contributed by atoms with Crippen LogP contribution < -0.4 is 5.32 Å². The largest absolute Gasteiger partial charge is 0.377 e. The molecule has 2 atom stereocenters. The lowest BCUT2D eigenvalue weighted by Crippen LogP contribution is -2.19. The van der Waals surface area contributed by atoms with Crippen LogP contribution in [0.5, 0.6) is 0 Å². The molecule has 1 aliphatic heterocycles. The number of thioether (sulfide) groups is 1. The Balaban J connectivity index is 1.90. The summed E-state index contributed by atoms with van der Waals surface area (Å²) in [4.78, 5) is 0. The van der Waals surface area contributed by atoms with Crippen molar-refractivity contribution in [2.75, 3.05) is 5.32 Å². The molecule has 0 saturated heterocycles. The first-order chi connectivity index (χ1) is 9.15. The highest BCUT2D eigenvalue weighted by Gasteiger charge is 2.26. The van der Waals surface area contributed by atoms with Gasteiger partial charge >= 0.3 is 0 Å². The van der Waals surface area contributed by atoms with Crippen LogP contribution in [0.4, 0.5) is 5.69 Å². The van der Waals surface area contributed by atoms with Crippen LogP contribution in [0.25, 0.3) is 0 Å². The van der Waals surface area contributed by atoms with Crippen molar-refractivity contribution in [1.29, 1.82) is 0 Å². The molecule has 0 bridgehead atoms. The molecular weight excluding hydrogens is 362 g/mol. The highest BCUT2D eigenvalue weighted by molar-refractivity contribution is 9.10. The number of thiophene rings is 1. The zero-order valence-corrected chi connectivity index (χ0v) is 14.3. The topological polar surface area (TPSA) is 12.0 Å². The van der Waals surface area contributed by atoms with E-state index in [4.69, 9.17) is 11.6 Å². The minimum absolute atomic E-state index is 0.368. The summed E-state index contributed by atoms with van der Waals surface area (Å²) in [6.45, 7) is 2.29. The molecule has 2 heterocycles. The third-order valence-electron chi connectivity index (χ3n) is 3.19. The molecule has 3 rings (SSSR count). The van der Waals surface area contributed by atoms with Crippen LogP contribution in [0.2, 0.25) is 5.02 Å². The fourth-order valence-electron chi connectivity index (χ4n) is 2.29. The normalized spacial score (nSPS) is 22.1. The number of halogens is 2. The molecule has 0 aliphatic carbocycles. The number of hydrogen-bond donors (Lipinski definition) is 1. The van der Waals surface area contributed by atoms with E-state index >= 15 is 0 Å². The van der Waals surface area contributed by atoms with Crippen molar-refractivity contribution in [2.24, 2.45) is 0 Å². The fraction of sp³-hybridized carbons (Fsp3) is 0.286. The van der Waals surface area contributed by atoms with Crippen LogP contribution in [0.1, 0.15) is 24.9 Å². The van der Waals surface area contributed by atoms with Crippen molar-refractivity contribution >= 4 is 56.3 Å². The Bertz CT molecular complexity index is 599. The van der Waals surface area contributed by atoms with E-state index in [0.29, 0.717) is 11.3 Å². The predicted octanol–water partition coefficient (Wildman–Crippen LogP) is 6.20. The van der Waals surface area contributed by atoms with Gasteiger partial charge in [0.25, 0.3) is 0 Å². The van der Waals surface area contributed by atoms with Crippen molar-refractivity contribution in [3.8, 4) is 0 Å². The fourth-order valence-corrected chi connectivity index (χ4v) is 5.41. The Morgan fingerprint density at radius 1 is 1.37 bits per heavy atom. The number of rotatable bonds is 2. The van der Waals surface area contributed by atoms with E-state index in [1.54, 1.807) is 0 Å². The van der Waals surface area contributed by atoms with Crippen LogP contribution in [-0.2, 0) is 0 Å². The summed E-state index contributed by atoms with van der Waals surface area (Å²) in [6, 6.07) is 8.54. The second-order valence-electron chi connectivity index (χ2n) is 4.63. The number of fused-ring (bicyclic) bond motifs is 1. The summed E-state index contributed by atoms with van der Waals surface area (Å²) < 4.78 is 2.38. The SMILES string of the molecule is C[C@H]1CC(Nc2cccc(Cl)c2Br)c2ccsc2S1. The van der Waals surface area contributed by atoms with Gasteiger partial charge in [-0.05, 0) is 51.5 Å². The average Bonchev–Trinajstić information content (AvgIpc) is 2.83. The molecule has 0 fully saturated rings. The van der Waals surface area contributed by atoms with Gasteiger partial charge < -0.3 is 5.32 Å². The Morgan fingerprint density at radius 2 is 2.21 bits per heavy atom. The zero-order valence-electron chi connectivity index (χ0n) is 10.3. The van der Waals surface area contributed by atoms with Crippen molar-refractivity contribution in [3.63, 3.8) is 0 Å². The standard InChI is InChI=1S/C14H13BrClNS2/c1-8-7-12(9-5-6-18-14(9)19-8)17-11-4-2-3-10(16)13(11)15/h2-6,8,12,17H,7H2,1H3/t8-,12?/m0/s1. The van der Waals surface area contributed by atoms with E-state index in [2.05, 4.69) is 45.7 Å². The maximum atomic E-state index is 6.15. The smallest absolute Gasteiger partial charge is 0.0653 e. The minimum Gasteiger partial charge on any atom is -0.377 e. The molecule has 100 valence electrons. The van der Waals surface area contributed by atoms with Crippen molar-refractivity contribution in [3.05, 3.63) is 44.7 Å². The Hall–Kier alpha value is -0.160. The second-order valence-corrected chi connectivity index (χ2v) is 8.45. The van der Waals surface area contributed by atoms with Gasteiger partial charge in [0.05, 0.1) is 25.4 Å². The van der Waals surface area contributed by atoms with Crippen LogP contribution in [0.3, 0.4) is 0 Å². The first-order valence-corrected chi connectivity index (χ1v) is 9.03. The van der Waals surface area contributed by atoms with Gasteiger partial charge in [-0.25, -0.2) is 0 Å². The monoisotopic (exact) mass is 373 g/mol. The van der Waals surface area contributed by atoms with Gasteiger partial charge in [0, 0.05) is 5.25 Å². The minimum atomic E-state index is 0.368. The zero-order chi connectivity index (χ0) is 13.4. The van der Waals surface area contributed by atoms with Crippen LogP contribution >= 0.6 is 50.6 Å². The summed E-state index contributed by atoms with van der Waals surface area (Å²) in [7, 11) is 0. The van der Waals surface area contributed by atoms with Gasteiger partial charge in [0.2, 0.25) is 0 Å². The van der Waals surface area contributed by atoms with E-state index in [1.807, 2.05) is 35.2 Å². The molecule has 1 aromatic carbocycles. The van der Waals surface area contributed by atoms with Gasteiger partial charge in [0.1, 0.15) is 0 Å². The number of benzene rings is 1. The molecule has 0 saturated carbocycles. The molecule has 1 N–H and O–H groups in total. The first kappa shape index (κ1) is 13.8. The van der Waals surface area contributed by atoms with Crippen molar-refractivity contribution in [1.82, 2.24) is 0 Å². The lowest BCUT2D eigenvalue weighted by Gasteiger charge is -2.28. The summed E-state index contributed by atoms with van der Waals surface area (Å²) >= 11 is 13.5. The summed E-state index contributed by atoms with van der Waals surface area (Å²) in [6.07, 6.45) is 1.13. The molecule has 1 aromatic heterocycles. The first-order valence-electron chi connectivity index (χ1n) is 6.09. The second kappa shape index (κ2) is 5.68. The lowest BCUT2D eigenvalue weighted by atomic mass is 10.0. The predicted molar refractivity (Wildman–Crippen MR) is 89.8 cm³/mol. The Morgan fingerprint density at radius 3 is 3.05 bits per heavy atom. The molecule has 2 aromatic rings. The molecular formula is C14H13BrClNS2. The molecule has 0 spiro atoms. The molecule has 5 heteroatoms. The third kappa shape index (κ3) is 2.82. The van der Waals surface area contributed by atoms with Crippen LogP contribution in [-0.4, -0.2) is 5.25 Å². The summed E-state index contributed by atoms with van der Waals surface area (Å²) in [5.41, 5.74) is 2.48. The van der Waals surface area contributed by atoms with E-state index in [1.165, 1.54) is 9.77 Å². The average molecular weight is 375 g/mol. The van der Waals surface area contributed by atoms with Gasteiger partial charge in [-0.2, -0.15) is 0 Å². The van der Waals surface area contributed by atoms with E-state index in [9.17, 15) is 0 Å². The number of nitrogens with one attached hydrogen (secondary N) is 1. The number of hydrogen-bond acceptors (Lipinski definition) is 3. The highest BCUT2D eigenvalue weighted by atomic mass is 79.9. The van der Waals surface area contributed by atoms with E-state index in [0.717, 1.165) is 21.6 Å². The van der Waals surface area contributed by atoms with E-state index in [-0.39, 0.29) is 0 Å². The molecule has 1 unspecified atom stereocenters. The van der Waals surface area contributed by atoms with Gasteiger partial charge in [-0.3, -0.25) is 0 Å². The highest BCUT2D eigenvalue weighted by Crippen LogP contribution is 2.45. The van der Waals surface area contributed by atoms with Gasteiger partial charge in [-0.15, -0.1) is 23.1 Å². The van der Waals surface area contributed by atoms with Crippen LogP contribution in [0.15, 0.2) is 38.3 Å². The summed E-state index contributed by atoms with van der Waals surface area (Å²) in [5.74, 6) is 0. The van der Waals surface area contributed by atoms with Crippen LogP contribution in [0, 0.1) is 0 Å². The summed E-state index contributed by atoms with van der Waals surface area (Å²) in [5, 5.41) is 7.19. The van der Waals surface area contributed by atoms with Crippen molar-refractivity contribution < 1.29 is 0 Å². The molecule has 1 aliphatic rings. The van der Waals surface area contributed by atoms with E-state index < -0.39 is 0 Å². The number of anilines is 1. The van der Waals surface area contributed by atoms with Crippen molar-refractivity contribution in [2.45, 2.75) is 28.8 Å². The molecule has 19 heavy (non-hydrogen) atoms. The Labute approximate surface area is 134 Å².